The Balaban J connectivity index is 1.73. The highest BCUT2D eigenvalue weighted by molar-refractivity contribution is 5.91. The van der Waals surface area contributed by atoms with Gasteiger partial charge in [-0.05, 0) is 37.7 Å². The fourth-order valence-electron chi connectivity index (χ4n) is 3.82. The Hall–Kier alpha value is -4.78. The molecule has 3 heterocycles. The number of halogens is 1. The highest BCUT2D eigenvalue weighted by Crippen LogP contribution is 2.35. The summed E-state index contributed by atoms with van der Waals surface area (Å²) in [6, 6.07) is 8.14. The Morgan fingerprint density at radius 3 is 2.71 bits per heavy atom. The number of anilines is 3. The van der Waals surface area contributed by atoms with Gasteiger partial charge in [-0.2, -0.15) is 9.61 Å². The Bertz CT molecular complexity index is 1460. The molecule has 5 N–H and O–H groups in total. The molecule has 0 saturated heterocycles. The van der Waals surface area contributed by atoms with Gasteiger partial charge in [0.2, 0.25) is 5.88 Å². The van der Waals surface area contributed by atoms with E-state index in [-0.39, 0.29) is 35.6 Å². The Kier molecular flexibility index (Phi) is 7.97. The summed E-state index contributed by atoms with van der Waals surface area (Å²) in [4.78, 5) is 31.8. The second kappa shape index (κ2) is 11.5. The minimum absolute atomic E-state index is 0.0918. The fourth-order valence-corrected chi connectivity index (χ4v) is 3.82. The third kappa shape index (κ3) is 5.62. The second-order valence-electron chi connectivity index (χ2n) is 8.33. The van der Waals surface area contributed by atoms with Gasteiger partial charge in [0.15, 0.2) is 11.9 Å². The average molecular weight is 523 g/mol. The second-order valence-corrected chi connectivity index (χ2v) is 8.33. The molecule has 0 spiro atoms. The zero-order valence-corrected chi connectivity index (χ0v) is 21.0. The van der Waals surface area contributed by atoms with Gasteiger partial charge in [-0.1, -0.05) is 12.1 Å². The maximum absolute atomic E-state index is 14.1. The normalized spacial score (nSPS) is 11.7. The van der Waals surface area contributed by atoms with E-state index >= 15 is 0 Å². The van der Waals surface area contributed by atoms with E-state index in [0.29, 0.717) is 41.0 Å². The Morgan fingerprint density at radius 1 is 1.26 bits per heavy atom. The third-order valence-corrected chi connectivity index (χ3v) is 5.58. The van der Waals surface area contributed by atoms with Crippen LogP contribution in [0.25, 0.3) is 16.8 Å². The van der Waals surface area contributed by atoms with Crippen molar-refractivity contribution in [2.75, 3.05) is 37.1 Å². The molecule has 38 heavy (non-hydrogen) atoms. The summed E-state index contributed by atoms with van der Waals surface area (Å²) in [7, 11) is 3.07. The lowest BCUT2D eigenvalue weighted by molar-refractivity contribution is 0.112. The molecule has 1 unspecified atom stereocenters. The first-order chi connectivity index (χ1) is 18.3. The van der Waals surface area contributed by atoms with Crippen LogP contribution in [-0.4, -0.2) is 58.8 Å². The van der Waals surface area contributed by atoms with Crippen LogP contribution in [-0.2, 0) is 11.3 Å². The highest BCUT2D eigenvalue weighted by atomic mass is 19.1. The SMILES string of the molecule is CNCC(C)Oc1ncc(F)cc1CNc1nc2c(C=O)cnn2c(N)c1-c1ccc(NC(=O)OC)cc1. The van der Waals surface area contributed by atoms with Crippen LogP contribution in [0.3, 0.4) is 0 Å². The number of aromatic nitrogens is 4. The zero-order valence-electron chi connectivity index (χ0n) is 21.0. The lowest BCUT2D eigenvalue weighted by Crippen LogP contribution is -2.27. The molecule has 1 amide bonds. The van der Waals surface area contributed by atoms with Gasteiger partial charge >= 0.3 is 6.09 Å². The number of nitrogens with zero attached hydrogens (tertiary/aromatic N) is 4. The molecule has 13 heteroatoms. The number of methoxy groups -OCH3 is 1. The largest absolute Gasteiger partial charge is 0.473 e. The number of amides is 1. The number of rotatable bonds is 10. The molecule has 0 saturated carbocycles. The van der Waals surface area contributed by atoms with E-state index in [2.05, 4.69) is 35.8 Å². The van der Waals surface area contributed by atoms with Crippen molar-refractivity contribution in [1.82, 2.24) is 24.9 Å². The number of benzene rings is 1. The molecule has 0 radical (unpaired) electrons. The minimum Gasteiger partial charge on any atom is -0.473 e. The smallest absolute Gasteiger partial charge is 0.411 e. The summed E-state index contributed by atoms with van der Waals surface area (Å²) < 4.78 is 26.0. The molecule has 1 atom stereocenters. The van der Waals surface area contributed by atoms with Gasteiger partial charge in [-0.25, -0.2) is 19.2 Å². The standard InChI is InChI=1S/C25H27FN8O4/c1-14(9-28-2)38-24-16(8-18(26)12-30-24)10-29-22-20(15-4-6-19(7-5-15)32-25(36)37-3)21(27)34-23(33-22)17(13-35)11-31-34/h4-8,11-14,28H,9-10,27H2,1-3H3,(H,29,33)(H,32,36). The molecule has 0 bridgehead atoms. The Labute approximate surface area is 217 Å². The monoisotopic (exact) mass is 522 g/mol. The van der Waals surface area contributed by atoms with E-state index in [1.54, 1.807) is 31.3 Å². The maximum Gasteiger partial charge on any atom is 0.411 e. The van der Waals surface area contributed by atoms with Gasteiger partial charge in [0.25, 0.3) is 0 Å². The van der Waals surface area contributed by atoms with Gasteiger partial charge in [0.05, 0.1) is 30.6 Å². The quantitative estimate of drug-likeness (QED) is 0.228. The number of hydrogen-bond acceptors (Lipinski definition) is 10. The van der Waals surface area contributed by atoms with E-state index in [1.807, 2.05) is 6.92 Å². The number of hydrogen-bond donors (Lipinski definition) is 4. The van der Waals surface area contributed by atoms with Gasteiger partial charge in [-0.3, -0.25) is 10.1 Å². The van der Waals surface area contributed by atoms with Crippen molar-refractivity contribution in [3.05, 3.63) is 59.7 Å². The van der Waals surface area contributed by atoms with Crippen LogP contribution in [0.2, 0.25) is 0 Å². The Morgan fingerprint density at radius 2 is 2.03 bits per heavy atom. The van der Waals surface area contributed by atoms with Crippen LogP contribution in [0, 0.1) is 5.82 Å². The molecule has 0 aliphatic carbocycles. The van der Waals surface area contributed by atoms with Gasteiger partial charge < -0.3 is 25.8 Å². The lowest BCUT2D eigenvalue weighted by atomic mass is 10.1. The van der Waals surface area contributed by atoms with E-state index in [0.717, 1.165) is 6.20 Å². The third-order valence-electron chi connectivity index (χ3n) is 5.58. The van der Waals surface area contributed by atoms with Crippen molar-refractivity contribution in [3.63, 3.8) is 0 Å². The number of nitrogens with two attached hydrogens (primary N) is 1. The molecular formula is C25H27FN8O4. The van der Waals surface area contributed by atoms with E-state index in [1.165, 1.54) is 23.9 Å². The molecule has 4 rings (SSSR count). The molecule has 1 aromatic carbocycles. The molecule has 0 fully saturated rings. The summed E-state index contributed by atoms with van der Waals surface area (Å²) in [5.41, 5.74) is 9.10. The first-order valence-corrected chi connectivity index (χ1v) is 11.6. The van der Waals surface area contributed by atoms with Crippen molar-refractivity contribution in [3.8, 4) is 17.0 Å². The first kappa shape index (κ1) is 26.3. The number of aldehydes is 1. The van der Waals surface area contributed by atoms with Crippen molar-refractivity contribution in [1.29, 1.82) is 0 Å². The predicted octanol–water partition coefficient (Wildman–Crippen LogP) is 3.10. The molecule has 12 nitrogen and oxygen atoms in total. The molecule has 0 aliphatic rings. The fraction of sp³-hybridized carbons (Fsp3) is 0.240. The summed E-state index contributed by atoms with van der Waals surface area (Å²) in [6.07, 6.45) is 2.28. The number of nitrogens with one attached hydrogen (secondary N) is 3. The summed E-state index contributed by atoms with van der Waals surface area (Å²) >= 11 is 0. The molecule has 198 valence electrons. The van der Waals surface area contributed by atoms with Crippen molar-refractivity contribution < 1.29 is 23.5 Å². The first-order valence-electron chi connectivity index (χ1n) is 11.6. The number of carbonyl (C=O) groups is 2. The van der Waals surface area contributed by atoms with Crippen LogP contribution < -0.4 is 26.4 Å². The van der Waals surface area contributed by atoms with Gasteiger partial charge in [-0.15, -0.1) is 0 Å². The number of likely N-dealkylation sites (N-methyl/N-ethyl adjacent to an activating group) is 1. The molecule has 4 aromatic rings. The average Bonchev–Trinajstić information content (AvgIpc) is 3.33. The number of pyridine rings is 1. The van der Waals surface area contributed by atoms with Gasteiger partial charge in [0.1, 0.15) is 23.6 Å². The lowest BCUT2D eigenvalue weighted by Gasteiger charge is -2.18. The number of nitrogen functional groups attached to an aromatic ring is 1. The van der Waals surface area contributed by atoms with Crippen molar-refractivity contribution in [2.45, 2.75) is 19.6 Å². The van der Waals surface area contributed by atoms with E-state index in [9.17, 15) is 14.0 Å². The van der Waals surface area contributed by atoms with Crippen LogP contribution in [0.1, 0.15) is 22.8 Å². The minimum atomic E-state index is -0.605. The number of carbonyl (C=O) groups excluding carboxylic acids is 2. The van der Waals surface area contributed by atoms with Crippen molar-refractivity contribution >= 4 is 35.3 Å². The summed E-state index contributed by atoms with van der Waals surface area (Å²) in [5, 5.41) is 13.0. The van der Waals surface area contributed by atoms with Crippen LogP contribution >= 0.6 is 0 Å². The van der Waals surface area contributed by atoms with Gasteiger partial charge in [0, 0.05) is 24.3 Å². The van der Waals surface area contributed by atoms with E-state index in [4.69, 9.17) is 10.5 Å². The zero-order chi connectivity index (χ0) is 27.2. The topological polar surface area (TPSA) is 158 Å². The van der Waals surface area contributed by atoms with Crippen molar-refractivity contribution in [2.24, 2.45) is 0 Å². The summed E-state index contributed by atoms with van der Waals surface area (Å²) in [5.74, 6) is 0.293. The molecule has 3 aromatic heterocycles. The highest BCUT2D eigenvalue weighted by Gasteiger charge is 2.19. The number of fused-ring (bicyclic) bond motifs is 1. The van der Waals surface area contributed by atoms with Crippen LogP contribution in [0.15, 0.2) is 42.7 Å². The van der Waals surface area contributed by atoms with Crippen LogP contribution in [0.5, 0.6) is 5.88 Å². The number of ether oxygens (including phenoxy) is 2. The predicted molar refractivity (Wildman–Crippen MR) is 140 cm³/mol. The maximum atomic E-state index is 14.1. The summed E-state index contributed by atoms with van der Waals surface area (Å²) in [6.45, 7) is 2.53. The van der Waals surface area contributed by atoms with E-state index < -0.39 is 11.9 Å². The van der Waals surface area contributed by atoms with Crippen LogP contribution in [0.4, 0.5) is 26.5 Å². The molecule has 0 aliphatic heterocycles. The molecular weight excluding hydrogens is 495 g/mol.